The summed E-state index contributed by atoms with van der Waals surface area (Å²) in [6.07, 6.45) is 12.9. The van der Waals surface area contributed by atoms with Crippen LogP contribution in [-0.2, 0) is 4.79 Å². The van der Waals surface area contributed by atoms with Crippen molar-refractivity contribution in [2.24, 2.45) is 0 Å². The number of hydrogen-bond donors (Lipinski definition) is 1. The molecule has 1 heterocycles. The van der Waals surface area contributed by atoms with Crippen LogP contribution < -0.4 is 5.32 Å². The standard InChI is InChI=1S/C19H35N3O.ClH/c1-16-14-20-12-13-21(16)15-19(23)22(17-8-4-2-5-9-17)18-10-6-3-7-11-18;/h16-18,20H,2-15H2,1H3;1H/t16-;/m0./s1. The molecule has 0 spiro atoms. The fourth-order valence-electron chi connectivity index (χ4n) is 4.80. The van der Waals surface area contributed by atoms with Gasteiger partial charge in [-0.2, -0.15) is 0 Å². The molecule has 1 aliphatic heterocycles. The number of carbonyl (C=O) groups excluding carboxylic acids is 1. The molecule has 1 N–H and O–H groups in total. The topological polar surface area (TPSA) is 35.6 Å². The molecule has 3 fully saturated rings. The summed E-state index contributed by atoms with van der Waals surface area (Å²) < 4.78 is 0. The smallest absolute Gasteiger partial charge is 0.237 e. The molecular weight excluding hydrogens is 322 g/mol. The quantitative estimate of drug-likeness (QED) is 0.839. The van der Waals surface area contributed by atoms with Gasteiger partial charge in [-0.15, -0.1) is 12.4 Å². The number of nitrogens with zero attached hydrogens (tertiary/aromatic N) is 2. The van der Waals surface area contributed by atoms with Crippen molar-refractivity contribution in [1.29, 1.82) is 0 Å². The van der Waals surface area contributed by atoms with Gasteiger partial charge in [0.1, 0.15) is 0 Å². The third-order valence-electron chi connectivity index (χ3n) is 6.20. The molecule has 24 heavy (non-hydrogen) atoms. The number of halogens is 1. The van der Waals surface area contributed by atoms with Crippen molar-refractivity contribution in [1.82, 2.24) is 15.1 Å². The molecule has 3 aliphatic rings. The molecule has 0 unspecified atom stereocenters. The largest absolute Gasteiger partial charge is 0.336 e. The number of hydrogen-bond acceptors (Lipinski definition) is 3. The van der Waals surface area contributed by atoms with Gasteiger partial charge >= 0.3 is 0 Å². The Morgan fingerprint density at radius 1 is 1.00 bits per heavy atom. The maximum Gasteiger partial charge on any atom is 0.237 e. The Morgan fingerprint density at radius 3 is 2.04 bits per heavy atom. The van der Waals surface area contributed by atoms with E-state index < -0.39 is 0 Å². The minimum absolute atomic E-state index is 0. The third-order valence-corrected chi connectivity index (χ3v) is 6.20. The van der Waals surface area contributed by atoms with E-state index in [0.29, 0.717) is 30.6 Å². The van der Waals surface area contributed by atoms with Gasteiger partial charge in [0.2, 0.25) is 5.91 Å². The average Bonchev–Trinajstić information content (AvgIpc) is 2.59. The zero-order chi connectivity index (χ0) is 16.1. The predicted octanol–water partition coefficient (Wildman–Crippen LogP) is 3.20. The maximum absolute atomic E-state index is 13.2. The molecule has 1 saturated heterocycles. The van der Waals surface area contributed by atoms with Crippen LogP contribution in [0.4, 0.5) is 0 Å². The Labute approximate surface area is 154 Å². The average molecular weight is 358 g/mol. The lowest BCUT2D eigenvalue weighted by molar-refractivity contribution is -0.140. The van der Waals surface area contributed by atoms with Crippen LogP contribution in [0.25, 0.3) is 0 Å². The van der Waals surface area contributed by atoms with E-state index in [2.05, 4.69) is 22.0 Å². The highest BCUT2D eigenvalue weighted by atomic mass is 35.5. The van der Waals surface area contributed by atoms with Crippen molar-refractivity contribution >= 4 is 18.3 Å². The van der Waals surface area contributed by atoms with Gasteiger partial charge in [-0.1, -0.05) is 38.5 Å². The molecule has 0 radical (unpaired) electrons. The van der Waals surface area contributed by atoms with Crippen LogP contribution in [-0.4, -0.2) is 60.0 Å². The molecule has 1 atom stereocenters. The Balaban J connectivity index is 0.00000208. The summed E-state index contributed by atoms with van der Waals surface area (Å²) in [6.45, 7) is 5.92. The first kappa shape index (κ1) is 20.0. The second-order valence-corrected chi connectivity index (χ2v) is 7.91. The number of piperazine rings is 1. The lowest BCUT2D eigenvalue weighted by Crippen LogP contribution is -2.56. The fourth-order valence-corrected chi connectivity index (χ4v) is 4.80. The summed E-state index contributed by atoms with van der Waals surface area (Å²) in [6, 6.07) is 1.53. The molecule has 0 aromatic rings. The van der Waals surface area contributed by atoms with Crippen LogP contribution in [0, 0.1) is 0 Å². The van der Waals surface area contributed by atoms with Crippen LogP contribution in [0.1, 0.15) is 71.1 Å². The monoisotopic (exact) mass is 357 g/mol. The highest BCUT2D eigenvalue weighted by Gasteiger charge is 2.33. The molecule has 1 amide bonds. The lowest BCUT2D eigenvalue weighted by Gasteiger charge is -2.43. The zero-order valence-electron chi connectivity index (χ0n) is 15.3. The maximum atomic E-state index is 13.2. The number of amides is 1. The van der Waals surface area contributed by atoms with E-state index in [1.165, 1.54) is 64.2 Å². The molecular formula is C19H36ClN3O. The third kappa shape index (κ3) is 5.09. The van der Waals surface area contributed by atoms with Gasteiger partial charge in [-0.25, -0.2) is 0 Å². The van der Waals surface area contributed by atoms with Gasteiger partial charge in [-0.3, -0.25) is 9.69 Å². The molecule has 0 bridgehead atoms. The van der Waals surface area contributed by atoms with Gasteiger partial charge in [0.25, 0.3) is 0 Å². The van der Waals surface area contributed by atoms with Crippen molar-refractivity contribution in [2.75, 3.05) is 26.2 Å². The first-order valence-corrected chi connectivity index (χ1v) is 10.0. The van der Waals surface area contributed by atoms with E-state index in [9.17, 15) is 4.79 Å². The van der Waals surface area contributed by atoms with Crippen LogP contribution >= 0.6 is 12.4 Å². The highest BCUT2D eigenvalue weighted by molar-refractivity contribution is 5.85. The van der Waals surface area contributed by atoms with Gasteiger partial charge in [0, 0.05) is 37.8 Å². The molecule has 3 rings (SSSR count). The molecule has 4 nitrogen and oxygen atoms in total. The van der Waals surface area contributed by atoms with E-state index in [1.54, 1.807) is 0 Å². The van der Waals surface area contributed by atoms with Crippen molar-refractivity contribution in [3.63, 3.8) is 0 Å². The molecule has 0 aromatic heterocycles. The Morgan fingerprint density at radius 2 is 1.54 bits per heavy atom. The van der Waals surface area contributed by atoms with Crippen LogP contribution in [0.3, 0.4) is 0 Å². The Hall–Kier alpha value is -0.320. The van der Waals surface area contributed by atoms with E-state index in [1.807, 2.05) is 0 Å². The van der Waals surface area contributed by atoms with Gasteiger partial charge in [-0.05, 0) is 32.6 Å². The van der Waals surface area contributed by atoms with E-state index in [0.717, 1.165) is 19.6 Å². The van der Waals surface area contributed by atoms with E-state index >= 15 is 0 Å². The molecule has 5 heteroatoms. The fraction of sp³-hybridized carbons (Fsp3) is 0.947. The van der Waals surface area contributed by atoms with E-state index in [4.69, 9.17) is 0 Å². The summed E-state index contributed by atoms with van der Waals surface area (Å²) in [5.41, 5.74) is 0. The summed E-state index contributed by atoms with van der Waals surface area (Å²) >= 11 is 0. The first-order chi connectivity index (χ1) is 11.3. The van der Waals surface area contributed by atoms with E-state index in [-0.39, 0.29) is 12.4 Å². The molecule has 140 valence electrons. The van der Waals surface area contributed by atoms with Crippen LogP contribution in [0.2, 0.25) is 0 Å². The summed E-state index contributed by atoms with van der Waals surface area (Å²) in [5.74, 6) is 0.414. The Bertz CT molecular complexity index is 363. The number of nitrogens with one attached hydrogen (secondary N) is 1. The second-order valence-electron chi connectivity index (χ2n) is 7.91. The lowest BCUT2D eigenvalue weighted by atomic mass is 9.88. The second kappa shape index (κ2) is 9.98. The summed E-state index contributed by atoms with van der Waals surface area (Å²) in [4.78, 5) is 18.0. The van der Waals surface area contributed by atoms with Gasteiger partial charge in [0.05, 0.1) is 6.54 Å². The van der Waals surface area contributed by atoms with Crippen molar-refractivity contribution in [3.8, 4) is 0 Å². The summed E-state index contributed by atoms with van der Waals surface area (Å²) in [7, 11) is 0. The van der Waals surface area contributed by atoms with Crippen LogP contribution in [0.15, 0.2) is 0 Å². The molecule has 2 saturated carbocycles. The van der Waals surface area contributed by atoms with Crippen molar-refractivity contribution < 1.29 is 4.79 Å². The molecule has 2 aliphatic carbocycles. The minimum Gasteiger partial charge on any atom is -0.336 e. The van der Waals surface area contributed by atoms with Crippen molar-refractivity contribution in [2.45, 2.75) is 89.3 Å². The molecule has 0 aromatic carbocycles. The zero-order valence-corrected chi connectivity index (χ0v) is 16.2. The number of carbonyl (C=O) groups is 1. The number of rotatable bonds is 4. The summed E-state index contributed by atoms with van der Waals surface area (Å²) in [5, 5.41) is 3.43. The normalized spacial score (nSPS) is 27.5. The van der Waals surface area contributed by atoms with Crippen molar-refractivity contribution in [3.05, 3.63) is 0 Å². The SMILES string of the molecule is C[C@H]1CNCCN1CC(=O)N(C1CCCCC1)C1CCCCC1.Cl. The van der Waals surface area contributed by atoms with Gasteiger partial charge in [0.15, 0.2) is 0 Å². The minimum atomic E-state index is 0. The highest BCUT2D eigenvalue weighted by Crippen LogP contribution is 2.30. The van der Waals surface area contributed by atoms with Crippen LogP contribution in [0.5, 0.6) is 0 Å². The predicted molar refractivity (Wildman–Crippen MR) is 102 cm³/mol. The first-order valence-electron chi connectivity index (χ1n) is 10.0. The Kier molecular flexibility index (Phi) is 8.32. The van der Waals surface area contributed by atoms with Gasteiger partial charge < -0.3 is 10.2 Å².